The van der Waals surface area contributed by atoms with Crippen LogP contribution in [0.15, 0.2) is 47.4 Å². The Labute approximate surface area is 209 Å². The number of rotatable bonds is 8. The zero-order valence-corrected chi connectivity index (χ0v) is 21.0. The summed E-state index contributed by atoms with van der Waals surface area (Å²) in [5.41, 5.74) is 1.27. The number of amides is 1. The molecule has 3 heterocycles. The number of pyridine rings is 1. The van der Waals surface area contributed by atoms with Gasteiger partial charge in [-0.3, -0.25) is 14.3 Å². The van der Waals surface area contributed by atoms with Crippen LogP contribution in [0.2, 0.25) is 5.02 Å². The Balaban J connectivity index is 1.62. The minimum absolute atomic E-state index is 0.0445. The van der Waals surface area contributed by atoms with Crippen molar-refractivity contribution in [3.63, 3.8) is 0 Å². The van der Waals surface area contributed by atoms with Gasteiger partial charge in [-0.2, -0.15) is 4.68 Å². The van der Waals surface area contributed by atoms with Crippen LogP contribution in [-0.2, 0) is 22.5 Å². The van der Waals surface area contributed by atoms with Crippen LogP contribution in [0.4, 0.5) is 0 Å². The van der Waals surface area contributed by atoms with Crippen LogP contribution < -0.4 is 11.0 Å². The zero-order chi connectivity index (χ0) is 24.9. The van der Waals surface area contributed by atoms with Gasteiger partial charge in [0.2, 0.25) is 5.91 Å². The van der Waals surface area contributed by atoms with Crippen LogP contribution in [0.5, 0.6) is 0 Å². The maximum absolute atomic E-state index is 13.3. The van der Waals surface area contributed by atoms with E-state index in [-0.39, 0.29) is 18.5 Å². The topological polar surface area (TPSA) is 94.3 Å². The average molecular weight is 499 g/mol. The molecule has 9 nitrogen and oxygen atoms in total. The number of aromatic nitrogens is 4. The SMILES string of the molecule is CC(C)NC(=O)Cn1c(-c2cccc(Cl)c2)nn(-c2ccc(CC(C)N3CCOCC3)cn2)c1=O. The predicted molar refractivity (Wildman–Crippen MR) is 135 cm³/mol. The van der Waals surface area contributed by atoms with E-state index in [0.29, 0.717) is 28.3 Å². The first kappa shape index (κ1) is 25.1. The maximum atomic E-state index is 13.3. The molecule has 35 heavy (non-hydrogen) atoms. The van der Waals surface area contributed by atoms with E-state index in [0.717, 1.165) is 38.3 Å². The second-order valence-corrected chi connectivity index (χ2v) is 9.50. The minimum Gasteiger partial charge on any atom is -0.379 e. The van der Waals surface area contributed by atoms with Crippen LogP contribution in [0.1, 0.15) is 26.3 Å². The summed E-state index contributed by atoms with van der Waals surface area (Å²) in [4.78, 5) is 32.7. The van der Waals surface area contributed by atoms with Gasteiger partial charge in [-0.05, 0) is 51.0 Å². The van der Waals surface area contributed by atoms with Crippen molar-refractivity contribution >= 4 is 17.5 Å². The Morgan fingerprint density at radius 1 is 1.17 bits per heavy atom. The number of hydrogen-bond acceptors (Lipinski definition) is 6. The van der Waals surface area contributed by atoms with E-state index in [4.69, 9.17) is 16.3 Å². The van der Waals surface area contributed by atoms with Gasteiger partial charge in [0.25, 0.3) is 0 Å². The molecule has 0 radical (unpaired) electrons. The first-order valence-corrected chi connectivity index (χ1v) is 12.2. The summed E-state index contributed by atoms with van der Waals surface area (Å²) < 4.78 is 8.02. The van der Waals surface area contributed by atoms with Gasteiger partial charge in [-0.25, -0.2) is 9.78 Å². The molecule has 1 N–H and O–H groups in total. The largest absolute Gasteiger partial charge is 0.379 e. The molecule has 1 aliphatic heterocycles. The smallest absolute Gasteiger partial charge is 0.352 e. The fourth-order valence-corrected chi connectivity index (χ4v) is 4.38. The molecule has 10 heteroatoms. The molecule has 1 saturated heterocycles. The number of nitrogens with one attached hydrogen (secondary N) is 1. The lowest BCUT2D eigenvalue weighted by Crippen LogP contribution is -2.43. The lowest BCUT2D eigenvalue weighted by atomic mass is 10.1. The van der Waals surface area contributed by atoms with E-state index in [9.17, 15) is 9.59 Å². The molecule has 0 spiro atoms. The van der Waals surface area contributed by atoms with E-state index in [2.05, 4.69) is 27.2 Å². The quantitative estimate of drug-likeness (QED) is 0.513. The van der Waals surface area contributed by atoms with Gasteiger partial charge in [-0.15, -0.1) is 5.10 Å². The molecule has 2 aromatic heterocycles. The molecular formula is C25H31ClN6O3. The third-order valence-electron chi connectivity index (χ3n) is 5.92. The van der Waals surface area contributed by atoms with E-state index >= 15 is 0 Å². The van der Waals surface area contributed by atoms with Gasteiger partial charge in [0.1, 0.15) is 6.54 Å². The number of halogens is 1. The first-order chi connectivity index (χ1) is 16.8. The van der Waals surface area contributed by atoms with Crippen LogP contribution in [0, 0.1) is 0 Å². The zero-order valence-electron chi connectivity index (χ0n) is 20.3. The van der Waals surface area contributed by atoms with Crippen molar-refractivity contribution in [3.8, 4) is 17.2 Å². The summed E-state index contributed by atoms with van der Waals surface area (Å²) in [6.45, 7) is 9.15. The number of carbonyl (C=O) groups is 1. The summed E-state index contributed by atoms with van der Waals surface area (Å²) in [7, 11) is 0. The van der Waals surface area contributed by atoms with Crippen LogP contribution in [-0.4, -0.2) is 68.5 Å². The predicted octanol–water partition coefficient (Wildman–Crippen LogP) is 2.54. The van der Waals surface area contributed by atoms with Crippen molar-refractivity contribution in [1.82, 2.24) is 29.5 Å². The Morgan fingerprint density at radius 2 is 1.94 bits per heavy atom. The Kier molecular flexibility index (Phi) is 8.00. The van der Waals surface area contributed by atoms with Gasteiger partial charge in [-0.1, -0.05) is 29.8 Å². The number of morpholine rings is 1. The highest BCUT2D eigenvalue weighted by Gasteiger charge is 2.21. The molecule has 186 valence electrons. The lowest BCUT2D eigenvalue weighted by Gasteiger charge is -2.32. The van der Waals surface area contributed by atoms with E-state index < -0.39 is 5.69 Å². The number of hydrogen-bond donors (Lipinski definition) is 1. The summed E-state index contributed by atoms with van der Waals surface area (Å²) in [5, 5.41) is 7.87. The minimum atomic E-state index is -0.444. The molecule has 0 bridgehead atoms. The molecule has 0 aliphatic carbocycles. The second kappa shape index (κ2) is 11.2. The van der Waals surface area contributed by atoms with E-state index in [1.54, 1.807) is 36.5 Å². The summed E-state index contributed by atoms with van der Waals surface area (Å²) in [5.74, 6) is 0.470. The van der Waals surface area contributed by atoms with Crippen molar-refractivity contribution in [2.75, 3.05) is 26.3 Å². The van der Waals surface area contributed by atoms with Gasteiger partial charge in [0, 0.05) is 42.0 Å². The lowest BCUT2D eigenvalue weighted by molar-refractivity contribution is -0.122. The molecule has 1 unspecified atom stereocenters. The maximum Gasteiger partial charge on any atom is 0.352 e. The number of ether oxygens (including phenoxy) is 1. The summed E-state index contributed by atoms with van der Waals surface area (Å²) in [6.07, 6.45) is 2.63. The Hall–Kier alpha value is -3.01. The standard InChI is InChI=1S/C25H31ClN6O3/c1-17(2)28-23(33)16-31-24(20-5-4-6-21(26)14-20)29-32(25(31)34)22-8-7-19(15-27-22)13-18(3)30-9-11-35-12-10-30/h4-8,14-15,17-18H,9-13,16H2,1-3H3,(H,28,33). The molecule has 1 fully saturated rings. The molecule has 4 rings (SSSR count). The monoisotopic (exact) mass is 498 g/mol. The highest BCUT2D eigenvalue weighted by molar-refractivity contribution is 6.30. The van der Waals surface area contributed by atoms with Gasteiger partial charge in [0.15, 0.2) is 11.6 Å². The average Bonchev–Trinajstić information content (AvgIpc) is 3.15. The van der Waals surface area contributed by atoms with Crippen molar-refractivity contribution in [1.29, 1.82) is 0 Å². The van der Waals surface area contributed by atoms with E-state index in [1.165, 1.54) is 9.25 Å². The molecule has 1 atom stereocenters. The first-order valence-electron chi connectivity index (χ1n) is 11.8. The molecule has 1 amide bonds. The Bertz CT molecular complexity index is 1210. The fraction of sp³-hybridized carbons (Fsp3) is 0.440. The summed E-state index contributed by atoms with van der Waals surface area (Å²) >= 11 is 6.18. The van der Waals surface area contributed by atoms with E-state index in [1.807, 2.05) is 19.9 Å². The normalized spacial score (nSPS) is 15.3. The molecule has 1 aliphatic rings. The summed E-state index contributed by atoms with van der Waals surface area (Å²) in [6, 6.07) is 11.1. The second-order valence-electron chi connectivity index (χ2n) is 9.06. The molecule has 0 saturated carbocycles. The van der Waals surface area contributed by atoms with Crippen LogP contribution >= 0.6 is 11.6 Å². The highest BCUT2D eigenvalue weighted by Crippen LogP contribution is 2.21. The third-order valence-corrected chi connectivity index (χ3v) is 6.16. The van der Waals surface area contributed by atoms with Crippen molar-refractivity contribution in [3.05, 3.63) is 63.7 Å². The molecule has 3 aromatic rings. The van der Waals surface area contributed by atoms with Gasteiger partial charge in [0.05, 0.1) is 13.2 Å². The number of benzene rings is 1. The van der Waals surface area contributed by atoms with Gasteiger partial charge >= 0.3 is 5.69 Å². The highest BCUT2D eigenvalue weighted by atomic mass is 35.5. The van der Waals surface area contributed by atoms with Crippen molar-refractivity contribution in [2.24, 2.45) is 0 Å². The van der Waals surface area contributed by atoms with Crippen LogP contribution in [0.25, 0.3) is 17.2 Å². The number of nitrogens with zero attached hydrogens (tertiary/aromatic N) is 5. The van der Waals surface area contributed by atoms with Gasteiger partial charge < -0.3 is 10.1 Å². The Morgan fingerprint density at radius 3 is 2.60 bits per heavy atom. The van der Waals surface area contributed by atoms with Crippen molar-refractivity contribution in [2.45, 2.75) is 45.8 Å². The molecular weight excluding hydrogens is 468 g/mol. The number of carbonyl (C=O) groups excluding carboxylic acids is 1. The fourth-order valence-electron chi connectivity index (χ4n) is 4.19. The van der Waals surface area contributed by atoms with Crippen molar-refractivity contribution < 1.29 is 9.53 Å². The van der Waals surface area contributed by atoms with Crippen LogP contribution in [0.3, 0.4) is 0 Å². The molecule has 1 aromatic carbocycles. The third kappa shape index (κ3) is 6.17.